The molecule has 0 bridgehead atoms. The fourth-order valence-electron chi connectivity index (χ4n) is 2.62. The van der Waals surface area contributed by atoms with E-state index < -0.39 is 10.0 Å². The van der Waals surface area contributed by atoms with Gasteiger partial charge < -0.3 is 0 Å². The molecule has 0 unspecified atom stereocenters. The molecule has 0 spiro atoms. The zero-order valence-electron chi connectivity index (χ0n) is 14.5. The first kappa shape index (κ1) is 18.3. The second kappa shape index (κ2) is 7.16. The van der Waals surface area contributed by atoms with E-state index >= 15 is 0 Å². The number of nitrogens with one attached hydrogen (secondary N) is 1. The topological polar surface area (TPSA) is 79.4 Å². The maximum absolute atomic E-state index is 12.5. The molecule has 9 heteroatoms. The number of rotatable bonds is 6. The number of benzene rings is 1. The van der Waals surface area contributed by atoms with Crippen LogP contribution >= 0.6 is 22.7 Å². The Kier molecular flexibility index (Phi) is 4.85. The molecule has 27 heavy (non-hydrogen) atoms. The zero-order valence-corrected chi connectivity index (χ0v) is 16.9. The van der Waals surface area contributed by atoms with Crippen LogP contribution in [0.4, 0.5) is 5.13 Å². The van der Waals surface area contributed by atoms with Crippen LogP contribution in [-0.2, 0) is 10.0 Å². The highest BCUT2D eigenvalue weighted by Gasteiger charge is 2.35. The molecule has 1 saturated carbocycles. The standard InChI is InChI=1S/C18H17N3O3S3/c1-21(13-6-7-13)27(23,24)14-8-4-12(5-9-14)17(22)20-18-19-15(11-26-18)16-3-2-10-25-16/h2-5,8-11,13H,6-7H2,1H3,(H,19,20,22). The van der Waals surface area contributed by atoms with Crippen molar-refractivity contribution in [2.24, 2.45) is 0 Å². The normalized spacial score (nSPS) is 14.4. The summed E-state index contributed by atoms with van der Waals surface area (Å²) in [5.74, 6) is -0.318. The van der Waals surface area contributed by atoms with E-state index in [2.05, 4.69) is 10.3 Å². The molecular weight excluding hydrogens is 402 g/mol. The highest BCUT2D eigenvalue weighted by atomic mass is 32.2. The summed E-state index contributed by atoms with van der Waals surface area (Å²) < 4.78 is 26.4. The van der Waals surface area contributed by atoms with E-state index in [0.717, 1.165) is 23.4 Å². The molecule has 4 rings (SSSR count). The van der Waals surface area contributed by atoms with Crippen molar-refractivity contribution in [2.75, 3.05) is 12.4 Å². The number of hydrogen-bond acceptors (Lipinski definition) is 6. The fraction of sp³-hybridized carbons (Fsp3) is 0.222. The minimum atomic E-state index is -3.51. The van der Waals surface area contributed by atoms with E-state index in [0.29, 0.717) is 10.7 Å². The predicted molar refractivity (Wildman–Crippen MR) is 108 cm³/mol. The van der Waals surface area contributed by atoms with Crippen molar-refractivity contribution in [2.45, 2.75) is 23.8 Å². The molecule has 2 aromatic heterocycles. The molecule has 1 N–H and O–H groups in total. The van der Waals surface area contributed by atoms with E-state index in [1.807, 2.05) is 22.9 Å². The largest absolute Gasteiger partial charge is 0.298 e. The summed E-state index contributed by atoms with van der Waals surface area (Å²) in [6.07, 6.45) is 1.80. The van der Waals surface area contributed by atoms with Crippen LogP contribution in [0.25, 0.3) is 10.6 Å². The molecule has 1 aliphatic rings. The van der Waals surface area contributed by atoms with Gasteiger partial charge in [0.25, 0.3) is 5.91 Å². The van der Waals surface area contributed by atoms with E-state index in [9.17, 15) is 13.2 Å². The van der Waals surface area contributed by atoms with Crippen molar-refractivity contribution < 1.29 is 13.2 Å². The zero-order chi connectivity index (χ0) is 19.0. The van der Waals surface area contributed by atoms with Gasteiger partial charge in [-0.15, -0.1) is 22.7 Å². The monoisotopic (exact) mass is 419 g/mol. The van der Waals surface area contributed by atoms with Crippen molar-refractivity contribution in [3.05, 3.63) is 52.7 Å². The summed E-state index contributed by atoms with van der Waals surface area (Å²) in [5.41, 5.74) is 1.21. The number of thiazole rings is 1. The lowest BCUT2D eigenvalue weighted by molar-refractivity contribution is 0.102. The van der Waals surface area contributed by atoms with Crippen molar-refractivity contribution in [3.8, 4) is 10.6 Å². The second-order valence-electron chi connectivity index (χ2n) is 6.25. The number of carbonyl (C=O) groups is 1. The van der Waals surface area contributed by atoms with Crippen LogP contribution in [0.2, 0.25) is 0 Å². The molecule has 2 heterocycles. The summed E-state index contributed by atoms with van der Waals surface area (Å²) in [6.45, 7) is 0. The molecule has 1 fully saturated rings. The van der Waals surface area contributed by atoms with Gasteiger partial charge in [-0.1, -0.05) is 6.07 Å². The molecular formula is C18H17N3O3S3. The Hall–Kier alpha value is -2.07. The molecule has 0 aliphatic heterocycles. The third kappa shape index (κ3) is 3.81. The number of sulfonamides is 1. The Balaban J connectivity index is 1.46. The van der Waals surface area contributed by atoms with Gasteiger partial charge in [0, 0.05) is 24.0 Å². The number of nitrogens with zero attached hydrogens (tertiary/aromatic N) is 2. The van der Waals surface area contributed by atoms with Gasteiger partial charge in [-0.25, -0.2) is 13.4 Å². The van der Waals surface area contributed by atoms with Gasteiger partial charge in [0.2, 0.25) is 10.0 Å². The number of amides is 1. The number of thiophene rings is 1. The Morgan fingerprint density at radius 2 is 1.93 bits per heavy atom. The average molecular weight is 420 g/mol. The first-order valence-electron chi connectivity index (χ1n) is 8.34. The van der Waals surface area contributed by atoms with Crippen molar-refractivity contribution in [1.82, 2.24) is 9.29 Å². The third-order valence-corrected chi connectivity index (χ3v) is 7.93. The maximum Gasteiger partial charge on any atom is 0.257 e. The van der Waals surface area contributed by atoms with Crippen molar-refractivity contribution in [1.29, 1.82) is 0 Å². The molecule has 1 aromatic carbocycles. The highest BCUT2D eigenvalue weighted by Crippen LogP contribution is 2.31. The van der Waals surface area contributed by atoms with Crippen LogP contribution in [0.3, 0.4) is 0 Å². The van der Waals surface area contributed by atoms with Crippen LogP contribution in [-0.4, -0.2) is 36.7 Å². The van der Waals surface area contributed by atoms with E-state index in [4.69, 9.17) is 0 Å². The molecule has 3 aromatic rings. The second-order valence-corrected chi connectivity index (χ2v) is 10.0. The smallest absolute Gasteiger partial charge is 0.257 e. The lowest BCUT2D eigenvalue weighted by Gasteiger charge is -2.16. The molecule has 0 atom stereocenters. The molecule has 1 aliphatic carbocycles. The van der Waals surface area contributed by atoms with Gasteiger partial charge in [-0.2, -0.15) is 4.31 Å². The molecule has 140 valence electrons. The summed E-state index contributed by atoms with van der Waals surface area (Å²) in [4.78, 5) is 18.1. The van der Waals surface area contributed by atoms with Gasteiger partial charge in [-0.3, -0.25) is 10.1 Å². The maximum atomic E-state index is 12.5. The SMILES string of the molecule is CN(C1CC1)S(=O)(=O)c1ccc(C(=O)Nc2nc(-c3cccs3)cs2)cc1. The summed E-state index contributed by atoms with van der Waals surface area (Å²) >= 11 is 2.94. The summed E-state index contributed by atoms with van der Waals surface area (Å²) in [5, 5.41) is 7.14. The molecule has 1 amide bonds. The quantitative estimate of drug-likeness (QED) is 0.657. The van der Waals surface area contributed by atoms with Gasteiger partial charge in [0.05, 0.1) is 15.5 Å². The van der Waals surface area contributed by atoms with Crippen LogP contribution in [0.1, 0.15) is 23.2 Å². The Bertz CT molecular complexity index is 1050. The average Bonchev–Trinajstić information content (AvgIpc) is 3.16. The Morgan fingerprint density at radius 1 is 1.19 bits per heavy atom. The minimum absolute atomic E-state index is 0.0976. The van der Waals surface area contributed by atoms with Crippen molar-refractivity contribution >= 4 is 43.7 Å². The van der Waals surface area contributed by atoms with E-state index in [1.165, 1.54) is 39.9 Å². The van der Waals surface area contributed by atoms with Gasteiger partial charge in [0.1, 0.15) is 0 Å². The third-order valence-electron chi connectivity index (χ3n) is 4.35. The Morgan fingerprint density at radius 3 is 2.56 bits per heavy atom. The van der Waals surface area contributed by atoms with Crippen LogP contribution in [0.15, 0.2) is 52.1 Å². The minimum Gasteiger partial charge on any atom is -0.298 e. The summed E-state index contributed by atoms with van der Waals surface area (Å²) in [7, 11) is -1.91. The van der Waals surface area contributed by atoms with Crippen LogP contribution < -0.4 is 5.32 Å². The number of carbonyl (C=O) groups excluding carboxylic acids is 1. The van der Waals surface area contributed by atoms with Crippen molar-refractivity contribution in [3.63, 3.8) is 0 Å². The number of anilines is 1. The van der Waals surface area contributed by atoms with Crippen LogP contribution in [0.5, 0.6) is 0 Å². The van der Waals surface area contributed by atoms with E-state index in [1.54, 1.807) is 18.4 Å². The predicted octanol–water partition coefficient (Wildman–Crippen LogP) is 3.91. The summed E-state index contributed by atoms with van der Waals surface area (Å²) in [6, 6.07) is 10.0. The van der Waals surface area contributed by atoms with Gasteiger partial charge in [0.15, 0.2) is 5.13 Å². The first-order chi connectivity index (χ1) is 12.9. The molecule has 0 radical (unpaired) electrons. The Labute approximate surface area is 165 Å². The van der Waals surface area contributed by atoms with E-state index in [-0.39, 0.29) is 16.8 Å². The molecule has 6 nitrogen and oxygen atoms in total. The highest BCUT2D eigenvalue weighted by molar-refractivity contribution is 7.89. The fourth-order valence-corrected chi connectivity index (χ4v) is 5.50. The first-order valence-corrected chi connectivity index (χ1v) is 11.5. The lowest BCUT2D eigenvalue weighted by Crippen LogP contribution is -2.29. The van der Waals surface area contributed by atoms with Gasteiger partial charge in [-0.05, 0) is 48.6 Å². The molecule has 0 saturated heterocycles. The number of hydrogen-bond donors (Lipinski definition) is 1. The lowest BCUT2D eigenvalue weighted by atomic mass is 10.2. The van der Waals surface area contributed by atoms with Gasteiger partial charge >= 0.3 is 0 Å². The number of aromatic nitrogens is 1. The van der Waals surface area contributed by atoms with Crippen LogP contribution in [0, 0.1) is 0 Å².